The predicted octanol–water partition coefficient (Wildman–Crippen LogP) is 4.21. The summed E-state index contributed by atoms with van der Waals surface area (Å²) in [6.45, 7) is 0. The summed E-state index contributed by atoms with van der Waals surface area (Å²) in [6.07, 6.45) is -0.880. The minimum Gasteiger partial charge on any atom is -0.761 e. The minimum atomic E-state index is -0.880. The number of aliphatic imine (C=N–C) groups is 1. The first-order valence-corrected chi connectivity index (χ1v) is 8.43. The predicted molar refractivity (Wildman–Crippen MR) is 102 cm³/mol. The van der Waals surface area contributed by atoms with Gasteiger partial charge in [-0.2, -0.15) is 0 Å². The van der Waals surface area contributed by atoms with Crippen LogP contribution < -0.4 is 4.90 Å². The quantitative estimate of drug-likeness (QED) is 0.720. The fraction of sp³-hybridized carbons (Fsp3) is 0.0952. The lowest BCUT2D eigenvalue weighted by Gasteiger charge is -2.38. The Morgan fingerprint density at radius 3 is 1.92 bits per heavy atom. The van der Waals surface area contributed by atoms with Gasteiger partial charge in [0.2, 0.25) is 0 Å². The molecule has 1 heterocycles. The molecular formula is C21H18N3O2-. The van der Waals surface area contributed by atoms with Gasteiger partial charge in [0.1, 0.15) is 18.0 Å². The standard InChI is InChI=1S/C21H18N3O2/c25-24(26)21-19(16-10-4-1-5-11-16)22-20(17-12-6-2-7-13-17)23(21)18-14-8-3-9-15-18/h1-15,19,21,25H/q-1. The van der Waals surface area contributed by atoms with Crippen molar-refractivity contribution in [2.24, 2.45) is 4.99 Å². The molecule has 4 rings (SSSR count). The molecule has 0 aliphatic carbocycles. The molecule has 5 heteroatoms. The maximum absolute atomic E-state index is 12.1. The Bertz CT molecular complexity index is 883. The molecule has 0 spiro atoms. The van der Waals surface area contributed by atoms with E-state index in [1.807, 2.05) is 91.0 Å². The number of amidine groups is 1. The number of hydrogen-bond donors (Lipinski definition) is 1. The van der Waals surface area contributed by atoms with Crippen molar-refractivity contribution in [2.75, 3.05) is 4.90 Å². The van der Waals surface area contributed by atoms with Crippen LogP contribution in [0.25, 0.3) is 0 Å². The van der Waals surface area contributed by atoms with E-state index in [0.29, 0.717) is 5.84 Å². The highest BCUT2D eigenvalue weighted by atomic mass is 16.8. The van der Waals surface area contributed by atoms with E-state index >= 15 is 0 Å². The zero-order chi connectivity index (χ0) is 17.9. The van der Waals surface area contributed by atoms with Gasteiger partial charge in [0, 0.05) is 11.3 Å². The van der Waals surface area contributed by atoms with Crippen LogP contribution in [0.5, 0.6) is 0 Å². The Kier molecular flexibility index (Phi) is 4.50. The van der Waals surface area contributed by atoms with Crippen LogP contribution in [-0.4, -0.2) is 22.4 Å². The van der Waals surface area contributed by atoms with Crippen LogP contribution in [0.3, 0.4) is 0 Å². The first-order chi connectivity index (χ1) is 12.8. The molecule has 1 aliphatic heterocycles. The van der Waals surface area contributed by atoms with E-state index in [1.165, 1.54) is 0 Å². The van der Waals surface area contributed by atoms with Crippen LogP contribution in [0.4, 0.5) is 5.69 Å². The molecule has 26 heavy (non-hydrogen) atoms. The Morgan fingerprint density at radius 1 is 0.808 bits per heavy atom. The van der Waals surface area contributed by atoms with Crippen LogP contribution in [0.2, 0.25) is 0 Å². The second-order valence-corrected chi connectivity index (χ2v) is 6.10. The number of rotatable bonds is 4. The molecule has 0 bridgehead atoms. The lowest BCUT2D eigenvalue weighted by molar-refractivity contribution is -0.0802. The van der Waals surface area contributed by atoms with Crippen LogP contribution in [0.15, 0.2) is 96.0 Å². The van der Waals surface area contributed by atoms with Gasteiger partial charge in [0.15, 0.2) is 0 Å². The highest BCUT2D eigenvalue weighted by Gasteiger charge is 2.39. The molecule has 0 amide bonds. The van der Waals surface area contributed by atoms with Crippen molar-refractivity contribution >= 4 is 11.5 Å². The molecule has 130 valence electrons. The van der Waals surface area contributed by atoms with Crippen molar-refractivity contribution in [3.63, 3.8) is 0 Å². The summed E-state index contributed by atoms with van der Waals surface area (Å²) in [5.41, 5.74) is 2.56. The summed E-state index contributed by atoms with van der Waals surface area (Å²) >= 11 is 0. The molecule has 2 atom stereocenters. The molecule has 5 nitrogen and oxygen atoms in total. The third-order valence-corrected chi connectivity index (χ3v) is 4.47. The number of para-hydroxylation sites is 1. The van der Waals surface area contributed by atoms with Gasteiger partial charge in [-0.15, -0.1) is 0 Å². The van der Waals surface area contributed by atoms with E-state index in [1.54, 1.807) is 4.90 Å². The van der Waals surface area contributed by atoms with E-state index in [-0.39, 0.29) is 5.23 Å². The maximum Gasteiger partial charge on any atom is 0.137 e. The molecule has 1 N–H and O–H groups in total. The summed E-state index contributed by atoms with van der Waals surface area (Å²) in [4.78, 5) is 6.62. The highest BCUT2D eigenvalue weighted by Crippen LogP contribution is 2.37. The van der Waals surface area contributed by atoms with Crippen LogP contribution in [0, 0.1) is 5.21 Å². The molecule has 2 unspecified atom stereocenters. The van der Waals surface area contributed by atoms with Crippen LogP contribution in [-0.2, 0) is 0 Å². The number of hydroxylamine groups is 2. The second kappa shape index (κ2) is 7.09. The van der Waals surface area contributed by atoms with Crippen molar-refractivity contribution < 1.29 is 5.21 Å². The van der Waals surface area contributed by atoms with Gasteiger partial charge in [0.25, 0.3) is 0 Å². The third kappa shape index (κ3) is 2.99. The Labute approximate surface area is 152 Å². The molecule has 0 saturated carbocycles. The number of benzene rings is 3. The topological polar surface area (TPSA) is 62.1 Å². The van der Waals surface area contributed by atoms with Crippen molar-refractivity contribution in [3.8, 4) is 0 Å². The lowest BCUT2D eigenvalue weighted by atomic mass is 10.0. The monoisotopic (exact) mass is 344 g/mol. The van der Waals surface area contributed by atoms with Gasteiger partial charge >= 0.3 is 0 Å². The molecule has 0 radical (unpaired) electrons. The van der Waals surface area contributed by atoms with E-state index in [2.05, 4.69) is 0 Å². The first kappa shape index (κ1) is 16.5. The Hall–Kier alpha value is -2.99. The van der Waals surface area contributed by atoms with E-state index in [0.717, 1.165) is 16.8 Å². The fourth-order valence-electron chi connectivity index (χ4n) is 3.31. The largest absolute Gasteiger partial charge is 0.761 e. The van der Waals surface area contributed by atoms with E-state index in [4.69, 9.17) is 4.99 Å². The Morgan fingerprint density at radius 2 is 1.35 bits per heavy atom. The zero-order valence-corrected chi connectivity index (χ0v) is 14.0. The average Bonchev–Trinajstić information content (AvgIpc) is 3.11. The van der Waals surface area contributed by atoms with Crippen molar-refractivity contribution in [3.05, 3.63) is 107 Å². The maximum atomic E-state index is 12.1. The lowest BCUT2D eigenvalue weighted by Crippen LogP contribution is -2.46. The summed E-state index contributed by atoms with van der Waals surface area (Å²) in [6, 6.07) is 28.3. The number of nitrogens with zero attached hydrogens (tertiary/aromatic N) is 3. The number of anilines is 1. The molecule has 3 aromatic rings. The minimum absolute atomic E-state index is 0.00407. The first-order valence-electron chi connectivity index (χ1n) is 8.43. The fourth-order valence-corrected chi connectivity index (χ4v) is 3.31. The average molecular weight is 344 g/mol. The van der Waals surface area contributed by atoms with Crippen molar-refractivity contribution in [1.82, 2.24) is 5.23 Å². The zero-order valence-electron chi connectivity index (χ0n) is 14.0. The molecule has 3 aromatic carbocycles. The second-order valence-electron chi connectivity index (χ2n) is 6.10. The summed E-state index contributed by atoms with van der Waals surface area (Å²) in [5, 5.41) is 22.1. The molecule has 0 saturated heterocycles. The van der Waals surface area contributed by atoms with Crippen molar-refractivity contribution in [2.45, 2.75) is 12.2 Å². The number of hydrogen-bond acceptors (Lipinski definition) is 5. The third-order valence-electron chi connectivity index (χ3n) is 4.47. The van der Waals surface area contributed by atoms with Crippen LogP contribution >= 0.6 is 0 Å². The van der Waals surface area contributed by atoms with E-state index in [9.17, 15) is 10.4 Å². The Balaban J connectivity index is 1.87. The van der Waals surface area contributed by atoms with Gasteiger partial charge in [0.05, 0.1) is 0 Å². The molecule has 0 fully saturated rings. The highest BCUT2D eigenvalue weighted by molar-refractivity contribution is 6.11. The van der Waals surface area contributed by atoms with Crippen LogP contribution in [0.1, 0.15) is 17.2 Å². The summed E-state index contributed by atoms with van der Waals surface area (Å²) < 4.78 is 0. The molecular weight excluding hydrogens is 326 g/mol. The summed E-state index contributed by atoms with van der Waals surface area (Å²) in [5.74, 6) is 0.658. The van der Waals surface area contributed by atoms with Crippen molar-refractivity contribution in [1.29, 1.82) is 0 Å². The van der Waals surface area contributed by atoms with Gasteiger partial charge in [-0.3, -0.25) is 4.99 Å². The molecule has 0 aromatic heterocycles. The summed E-state index contributed by atoms with van der Waals surface area (Å²) in [7, 11) is 0. The molecule has 1 aliphatic rings. The van der Waals surface area contributed by atoms with Gasteiger partial charge in [-0.05, 0) is 17.7 Å². The normalized spacial score (nSPS) is 19.7. The van der Waals surface area contributed by atoms with Gasteiger partial charge in [-0.1, -0.05) is 78.9 Å². The van der Waals surface area contributed by atoms with Gasteiger partial charge in [-0.25, -0.2) is 5.23 Å². The smallest absolute Gasteiger partial charge is 0.137 e. The SMILES string of the molecule is [O-]N(O)C1C(c2ccccc2)N=C(c2ccccc2)N1c1ccccc1. The van der Waals surface area contributed by atoms with Gasteiger partial charge < -0.3 is 15.3 Å². The van der Waals surface area contributed by atoms with E-state index < -0.39 is 12.2 Å².